The van der Waals surface area contributed by atoms with Gasteiger partial charge in [0.1, 0.15) is 6.10 Å². The number of hydrogen-bond donors (Lipinski definition) is 7. The summed E-state index contributed by atoms with van der Waals surface area (Å²) >= 11 is 1.90. The second-order valence-corrected chi connectivity index (χ2v) is 26.3. The third-order valence-electron chi connectivity index (χ3n) is 20.3. The number of aliphatic hydroxyl groups excluding tert-OH is 1. The van der Waals surface area contributed by atoms with Crippen molar-refractivity contribution in [1.82, 2.24) is 26.2 Å². The highest BCUT2D eigenvalue weighted by molar-refractivity contribution is 8.00. The van der Waals surface area contributed by atoms with E-state index in [4.69, 9.17) is 34.2 Å². The van der Waals surface area contributed by atoms with E-state index in [1.54, 1.807) is 13.8 Å². The normalized spacial score (nSPS) is 42.2. The van der Waals surface area contributed by atoms with Gasteiger partial charge in [-0.2, -0.15) is 11.8 Å². The number of hydrogen-bond acceptors (Lipinski definition) is 14. The van der Waals surface area contributed by atoms with Crippen LogP contribution in [0.4, 0.5) is 4.79 Å². The predicted molar refractivity (Wildman–Crippen MR) is 274 cm³/mol. The molecule has 8 N–H and O–H groups in total. The van der Waals surface area contributed by atoms with Gasteiger partial charge in [0, 0.05) is 63.2 Å². The van der Waals surface area contributed by atoms with Crippen molar-refractivity contribution in [3.05, 3.63) is 0 Å². The Morgan fingerprint density at radius 2 is 1.71 bits per heavy atom. The van der Waals surface area contributed by atoms with Crippen LogP contribution in [-0.4, -0.2) is 176 Å². The van der Waals surface area contributed by atoms with Crippen LogP contribution in [0.1, 0.15) is 132 Å². The fourth-order valence-electron chi connectivity index (χ4n) is 17.0. The van der Waals surface area contributed by atoms with Crippen LogP contribution in [0.3, 0.4) is 0 Å². The minimum Gasteiger partial charge on any atom is -0.388 e. The molecular weight excluding hydrogens is 941 g/mol. The molecule has 2 spiro atoms. The minimum atomic E-state index is -1.08. The van der Waals surface area contributed by atoms with Crippen LogP contribution in [0, 0.1) is 45.3 Å². The first kappa shape index (κ1) is 54.9. The highest BCUT2D eigenvalue weighted by Gasteiger charge is 2.85. The average Bonchev–Trinajstić information content (AvgIpc) is 3.52. The first-order valence-electron chi connectivity index (χ1n) is 28.1. The van der Waals surface area contributed by atoms with Crippen LogP contribution in [0.5, 0.6) is 0 Å². The number of nitrogens with one attached hydrogen (secondary N) is 4. The molecule has 0 bridgehead atoms. The molecule has 17 atom stereocenters. The topological polar surface area (TPSA) is 224 Å². The summed E-state index contributed by atoms with van der Waals surface area (Å²) < 4.78 is 37.5. The van der Waals surface area contributed by atoms with Crippen molar-refractivity contribution in [1.29, 1.82) is 0 Å². The second kappa shape index (κ2) is 21.9. The van der Waals surface area contributed by atoms with Crippen LogP contribution in [-0.2, 0) is 38.0 Å². The van der Waals surface area contributed by atoms with Gasteiger partial charge >= 0.3 is 6.03 Å². The van der Waals surface area contributed by atoms with Crippen molar-refractivity contribution in [3.8, 4) is 0 Å². The lowest BCUT2D eigenvalue weighted by Gasteiger charge is -2.63. The lowest BCUT2D eigenvalue weighted by Crippen LogP contribution is -2.70. The van der Waals surface area contributed by atoms with E-state index in [1.807, 2.05) is 18.7 Å². The highest BCUT2D eigenvalue weighted by Crippen LogP contribution is 2.87. The molecule has 0 aromatic carbocycles. The van der Waals surface area contributed by atoms with Gasteiger partial charge in [-0.25, -0.2) is 4.79 Å². The van der Waals surface area contributed by atoms with Gasteiger partial charge in [0.05, 0.1) is 80.7 Å². The van der Waals surface area contributed by atoms with Crippen molar-refractivity contribution >= 4 is 29.6 Å². The van der Waals surface area contributed by atoms with Gasteiger partial charge in [-0.15, -0.1) is 0 Å². The summed E-state index contributed by atoms with van der Waals surface area (Å²) in [4.78, 5) is 38.8. The van der Waals surface area contributed by atoms with E-state index < -0.39 is 23.3 Å². The molecule has 4 aliphatic heterocycles. The number of carbonyl (C=O) groups excluding carboxylic acids is 3. The number of unbranched alkanes of at least 4 members (excludes halogenated alkanes) is 1. The molecular formula is C54H92N6O11S. The number of ether oxygens (including phenoxy) is 6. The lowest BCUT2D eigenvalue weighted by atomic mass is 9.43. The van der Waals surface area contributed by atoms with Gasteiger partial charge in [0.25, 0.3) is 0 Å². The lowest BCUT2D eigenvalue weighted by molar-refractivity contribution is -0.246. The fourth-order valence-corrected chi connectivity index (χ4v) is 18.6. The van der Waals surface area contributed by atoms with Crippen LogP contribution < -0.4 is 27.0 Å². The first-order valence-corrected chi connectivity index (χ1v) is 29.2. The van der Waals surface area contributed by atoms with Gasteiger partial charge < -0.3 is 65.6 Å². The molecule has 5 aliphatic carbocycles. The van der Waals surface area contributed by atoms with Gasteiger partial charge in [-0.3, -0.25) is 14.5 Å². The number of morpholine rings is 1. The fraction of sp³-hybridized carbons (Fsp3) is 0.944. The Morgan fingerprint density at radius 1 is 0.972 bits per heavy atom. The molecule has 0 aromatic heterocycles. The number of nitrogens with zero attached hydrogens (tertiary/aromatic N) is 1. The first-order chi connectivity index (χ1) is 34.3. The van der Waals surface area contributed by atoms with Gasteiger partial charge in [-0.05, 0) is 130 Å². The number of rotatable bonds is 23. The zero-order valence-corrected chi connectivity index (χ0v) is 45.5. The number of fused-ring (bicyclic) bond motifs is 5. The SMILES string of the molecule is CCO[C@@H](C1C[C@@H](C)[C@H]2C(O1)[C@H](O)[C@@]1(N)C3CC[C@H]4C(C)(C)[C@@H](O[C@H]5CN(CCNC(=O)CCOCCOCCNC(=O)CCCCC6SCC7NC(=O)NC76)CCO5)CCC45CC35CCC21C)C(C)(C)O. The van der Waals surface area contributed by atoms with E-state index in [1.165, 1.54) is 6.42 Å². The number of amides is 4. The van der Waals surface area contributed by atoms with Crippen molar-refractivity contribution in [2.75, 3.05) is 78.1 Å². The molecule has 9 aliphatic rings. The summed E-state index contributed by atoms with van der Waals surface area (Å²) in [5.74, 6) is 2.07. The minimum absolute atomic E-state index is 0.0248. The van der Waals surface area contributed by atoms with Gasteiger partial charge in [0.15, 0.2) is 6.29 Å². The summed E-state index contributed by atoms with van der Waals surface area (Å²) in [6.45, 7) is 20.8. The smallest absolute Gasteiger partial charge is 0.315 e. The molecule has 0 radical (unpaired) electrons. The van der Waals surface area contributed by atoms with Gasteiger partial charge in [0.2, 0.25) is 11.8 Å². The summed E-state index contributed by atoms with van der Waals surface area (Å²) in [6.07, 6.45) is 9.59. The molecule has 4 heterocycles. The summed E-state index contributed by atoms with van der Waals surface area (Å²) in [6, 6.07) is 0.367. The average molecular weight is 1030 g/mol. The molecule has 5 saturated carbocycles. The largest absolute Gasteiger partial charge is 0.388 e. The predicted octanol–water partition coefficient (Wildman–Crippen LogP) is 4.09. The summed E-state index contributed by atoms with van der Waals surface area (Å²) in [7, 11) is 0. The van der Waals surface area contributed by atoms with E-state index in [0.29, 0.717) is 83.4 Å². The zero-order chi connectivity index (χ0) is 51.3. The van der Waals surface area contributed by atoms with Crippen LogP contribution in [0.15, 0.2) is 0 Å². The van der Waals surface area contributed by atoms with Crippen molar-refractivity contribution in [2.45, 2.75) is 197 Å². The zero-order valence-electron chi connectivity index (χ0n) is 44.7. The maximum absolute atomic E-state index is 12.6. The summed E-state index contributed by atoms with van der Waals surface area (Å²) in [5, 5.41) is 36.1. The van der Waals surface area contributed by atoms with Gasteiger partial charge in [-0.1, -0.05) is 34.1 Å². The molecule has 4 saturated heterocycles. The standard InChI is InChI=1S/C54H92N6O11S/c1-8-68-47(50(5,6)65)35-29-33(2)43-45(70-35)46(63)54(55)38-14-13-37-49(3,4)39(15-17-52(37)32-53(38,52)19-18-51(43,54)7)71-42-30-60(23-26-69-42)22-20-56-41(62)16-24-66-27-28-67-25-21-57-40(61)12-10-9-11-36-44-34(31-72-36)58-48(64)59-44/h33-39,42-47,63,65H,8-32,55H2,1-7H3,(H,56,62)(H,57,61)(H2,58,59,64)/t33-,34?,35?,36?,37+,38?,39+,42+,43+,44?,45?,46+,47+,51?,52?,53?,54+/m1/s1. The summed E-state index contributed by atoms with van der Waals surface area (Å²) in [5.41, 5.74) is 6.06. The molecule has 18 heteroatoms. The maximum Gasteiger partial charge on any atom is 0.315 e. The highest BCUT2D eigenvalue weighted by atomic mass is 32.2. The number of urea groups is 1. The molecule has 9 unspecified atom stereocenters. The Kier molecular flexibility index (Phi) is 16.7. The van der Waals surface area contributed by atoms with Crippen molar-refractivity contribution in [3.63, 3.8) is 0 Å². The molecule has 0 aromatic rings. The Bertz CT molecular complexity index is 1910. The third kappa shape index (κ3) is 10.3. The number of aliphatic hydroxyl groups is 2. The second-order valence-electron chi connectivity index (χ2n) is 25.0. The molecule has 72 heavy (non-hydrogen) atoms. The Balaban J connectivity index is 0.655. The third-order valence-corrected chi connectivity index (χ3v) is 21.8. The van der Waals surface area contributed by atoms with E-state index in [0.717, 1.165) is 76.5 Å². The van der Waals surface area contributed by atoms with E-state index in [2.05, 4.69) is 53.9 Å². The van der Waals surface area contributed by atoms with Crippen LogP contribution in [0.2, 0.25) is 0 Å². The Hall–Kier alpha value is -1.84. The Labute approximate surface area is 433 Å². The number of carbonyl (C=O) groups is 3. The van der Waals surface area contributed by atoms with Crippen LogP contribution in [0.25, 0.3) is 0 Å². The monoisotopic (exact) mass is 1030 g/mol. The van der Waals surface area contributed by atoms with E-state index >= 15 is 0 Å². The quantitative estimate of drug-likeness (QED) is 0.0566. The van der Waals surface area contributed by atoms with Crippen LogP contribution >= 0.6 is 11.8 Å². The van der Waals surface area contributed by atoms with Crippen molar-refractivity contribution < 1.29 is 53.0 Å². The maximum atomic E-state index is 12.6. The Morgan fingerprint density at radius 3 is 2.49 bits per heavy atom. The van der Waals surface area contributed by atoms with Crippen molar-refractivity contribution in [2.24, 2.45) is 51.1 Å². The number of thioether (sulfide) groups is 1. The molecule has 4 amide bonds. The van der Waals surface area contributed by atoms with E-state index in [-0.39, 0.29) is 100 Å². The molecule has 17 nitrogen and oxygen atoms in total. The molecule has 410 valence electrons. The number of nitrogens with two attached hydrogens (primary N) is 1. The molecule has 9 rings (SSSR count). The van der Waals surface area contributed by atoms with E-state index in [9.17, 15) is 24.6 Å². The molecule has 9 fully saturated rings.